The van der Waals surface area contributed by atoms with Crippen molar-refractivity contribution in [3.8, 4) is 0 Å². The van der Waals surface area contributed by atoms with Crippen LogP contribution in [0.4, 0.5) is 0 Å². The molecular weight excluding hydrogens is 290 g/mol. The van der Waals surface area contributed by atoms with E-state index in [4.69, 9.17) is 10.3 Å². The zero-order valence-corrected chi connectivity index (χ0v) is 12.7. The number of hydrogen-bond acceptors (Lipinski definition) is 6. The highest BCUT2D eigenvalue weighted by Crippen LogP contribution is 2.36. The van der Waals surface area contributed by atoms with Gasteiger partial charge in [0.05, 0.1) is 11.2 Å². The van der Waals surface area contributed by atoms with Gasteiger partial charge in [-0.2, -0.15) is 16.7 Å². The summed E-state index contributed by atoms with van der Waals surface area (Å²) < 4.78 is 5.46. The van der Waals surface area contributed by atoms with Gasteiger partial charge in [-0.15, -0.1) is 11.8 Å². The van der Waals surface area contributed by atoms with Gasteiger partial charge in [-0.05, 0) is 5.56 Å². The maximum Gasteiger partial charge on any atom is 0.235 e. The van der Waals surface area contributed by atoms with E-state index in [9.17, 15) is 0 Å². The van der Waals surface area contributed by atoms with Gasteiger partial charge in [0.25, 0.3) is 0 Å². The molecule has 0 amide bonds. The predicted molar refractivity (Wildman–Crippen MR) is 84.2 cm³/mol. The number of aromatic nitrogens is 2. The predicted octanol–water partition coefficient (Wildman–Crippen LogP) is 2.68. The number of rotatable bonds is 4. The number of nitrogens with zero attached hydrogens (tertiary/aromatic N) is 2. The average molecular weight is 307 g/mol. The molecule has 3 rings (SSSR count). The van der Waals surface area contributed by atoms with E-state index in [2.05, 4.69) is 10.1 Å². The van der Waals surface area contributed by atoms with Crippen molar-refractivity contribution in [3.05, 3.63) is 47.6 Å². The van der Waals surface area contributed by atoms with Gasteiger partial charge < -0.3 is 10.3 Å². The van der Waals surface area contributed by atoms with Crippen molar-refractivity contribution in [2.75, 3.05) is 23.8 Å². The third-order valence-corrected chi connectivity index (χ3v) is 6.05. The molecule has 106 valence electrons. The summed E-state index contributed by atoms with van der Waals surface area (Å²) in [6, 6.07) is 10.1. The Kier molecular flexibility index (Phi) is 4.65. The summed E-state index contributed by atoms with van der Waals surface area (Å²) in [7, 11) is 0. The minimum Gasteiger partial charge on any atom is -0.339 e. The summed E-state index contributed by atoms with van der Waals surface area (Å²) in [5, 5.41) is 4.51. The molecule has 0 aliphatic carbocycles. The molecule has 4 nitrogen and oxygen atoms in total. The molecule has 1 aliphatic rings. The second kappa shape index (κ2) is 6.65. The Hall–Kier alpha value is -0.980. The highest BCUT2D eigenvalue weighted by atomic mass is 32.2. The molecule has 2 N–H and O–H groups in total. The standard InChI is InChI=1S/C14H17N3OS2/c15-8-11(10-4-2-1-3-5-10)14-16-13(17-18-14)12-9-19-6-7-20-12/h1-5,11-12H,6-9,15H2. The summed E-state index contributed by atoms with van der Waals surface area (Å²) in [6.45, 7) is 0.470. The highest BCUT2D eigenvalue weighted by molar-refractivity contribution is 8.06. The summed E-state index contributed by atoms with van der Waals surface area (Å²) in [4.78, 5) is 4.59. The molecule has 1 aromatic heterocycles. The van der Waals surface area contributed by atoms with E-state index >= 15 is 0 Å². The first-order chi connectivity index (χ1) is 9.88. The molecule has 1 fully saturated rings. The summed E-state index contributed by atoms with van der Waals surface area (Å²) in [5.41, 5.74) is 7.01. The molecule has 1 aliphatic heterocycles. The normalized spacial score (nSPS) is 20.8. The van der Waals surface area contributed by atoms with Gasteiger partial charge in [0.1, 0.15) is 0 Å². The second-order valence-electron chi connectivity index (χ2n) is 4.62. The first-order valence-corrected chi connectivity index (χ1v) is 8.86. The quantitative estimate of drug-likeness (QED) is 0.937. The molecule has 20 heavy (non-hydrogen) atoms. The zero-order valence-electron chi connectivity index (χ0n) is 11.1. The van der Waals surface area contributed by atoms with Gasteiger partial charge in [0, 0.05) is 23.8 Å². The zero-order chi connectivity index (χ0) is 13.8. The van der Waals surface area contributed by atoms with Crippen molar-refractivity contribution in [1.82, 2.24) is 10.1 Å². The van der Waals surface area contributed by atoms with Crippen LogP contribution in [0.1, 0.15) is 28.4 Å². The number of nitrogens with two attached hydrogens (primary N) is 1. The summed E-state index contributed by atoms with van der Waals surface area (Å²) in [5.74, 6) is 4.84. The van der Waals surface area contributed by atoms with Crippen LogP contribution in [-0.4, -0.2) is 33.9 Å². The SMILES string of the molecule is NCC(c1ccccc1)c1nc(C2CSCCS2)no1. The monoisotopic (exact) mass is 307 g/mol. The molecule has 1 saturated heterocycles. The fourth-order valence-electron chi connectivity index (χ4n) is 2.22. The lowest BCUT2D eigenvalue weighted by molar-refractivity contribution is 0.362. The fraction of sp³-hybridized carbons (Fsp3) is 0.429. The molecule has 2 heterocycles. The van der Waals surface area contributed by atoms with Gasteiger partial charge in [-0.3, -0.25) is 0 Å². The van der Waals surface area contributed by atoms with Crippen LogP contribution >= 0.6 is 23.5 Å². The Bertz CT molecular complexity index is 540. The maximum atomic E-state index is 5.89. The average Bonchev–Trinajstić information content (AvgIpc) is 3.00. The van der Waals surface area contributed by atoms with Gasteiger partial charge >= 0.3 is 0 Å². The van der Waals surface area contributed by atoms with Crippen molar-refractivity contribution in [3.63, 3.8) is 0 Å². The van der Waals surface area contributed by atoms with E-state index in [0.717, 1.165) is 22.9 Å². The van der Waals surface area contributed by atoms with Gasteiger partial charge in [0.15, 0.2) is 5.82 Å². The second-order valence-corrected chi connectivity index (χ2v) is 7.08. The van der Waals surface area contributed by atoms with Crippen LogP contribution in [-0.2, 0) is 0 Å². The fourth-order valence-corrected chi connectivity index (χ4v) is 4.81. The van der Waals surface area contributed by atoms with E-state index < -0.39 is 0 Å². The molecule has 6 heteroatoms. The Morgan fingerprint density at radius 3 is 2.85 bits per heavy atom. The van der Waals surface area contributed by atoms with Crippen molar-refractivity contribution in [2.24, 2.45) is 5.73 Å². The van der Waals surface area contributed by atoms with E-state index in [0.29, 0.717) is 17.7 Å². The van der Waals surface area contributed by atoms with Crippen molar-refractivity contribution in [2.45, 2.75) is 11.2 Å². The van der Waals surface area contributed by atoms with E-state index in [-0.39, 0.29) is 5.92 Å². The Morgan fingerprint density at radius 1 is 1.30 bits per heavy atom. The molecular formula is C14H17N3OS2. The van der Waals surface area contributed by atoms with Crippen LogP contribution in [0.25, 0.3) is 0 Å². The first kappa shape index (κ1) is 14.0. The molecule has 2 aromatic rings. The first-order valence-electron chi connectivity index (χ1n) is 6.66. The van der Waals surface area contributed by atoms with Crippen LogP contribution in [0.3, 0.4) is 0 Å². The Morgan fingerprint density at radius 2 is 2.15 bits per heavy atom. The number of benzene rings is 1. The van der Waals surface area contributed by atoms with Gasteiger partial charge in [-0.25, -0.2) is 0 Å². The van der Waals surface area contributed by atoms with Crippen LogP contribution in [0.5, 0.6) is 0 Å². The molecule has 0 saturated carbocycles. The lowest BCUT2D eigenvalue weighted by Crippen LogP contribution is -2.14. The topological polar surface area (TPSA) is 64.9 Å². The third-order valence-electron chi connectivity index (χ3n) is 3.30. The van der Waals surface area contributed by atoms with Gasteiger partial charge in [-0.1, -0.05) is 35.5 Å². The summed E-state index contributed by atoms with van der Waals surface area (Å²) in [6.07, 6.45) is 0. The molecule has 2 unspecified atom stereocenters. The number of hydrogen-bond donors (Lipinski definition) is 1. The van der Waals surface area contributed by atoms with Crippen LogP contribution in [0.2, 0.25) is 0 Å². The van der Waals surface area contributed by atoms with Crippen LogP contribution in [0.15, 0.2) is 34.9 Å². The maximum absolute atomic E-state index is 5.89. The molecule has 0 bridgehead atoms. The summed E-state index contributed by atoms with van der Waals surface area (Å²) >= 11 is 3.86. The van der Waals surface area contributed by atoms with Crippen molar-refractivity contribution in [1.29, 1.82) is 0 Å². The Balaban J connectivity index is 1.81. The lowest BCUT2D eigenvalue weighted by Gasteiger charge is -2.17. The van der Waals surface area contributed by atoms with Crippen molar-refractivity contribution >= 4 is 23.5 Å². The molecule has 1 aromatic carbocycles. The van der Waals surface area contributed by atoms with Crippen molar-refractivity contribution < 1.29 is 4.52 Å². The minimum atomic E-state index is -0.0151. The van der Waals surface area contributed by atoms with E-state index in [1.165, 1.54) is 5.75 Å². The smallest absolute Gasteiger partial charge is 0.235 e. The third kappa shape index (κ3) is 3.02. The van der Waals surface area contributed by atoms with Crippen LogP contribution in [0, 0.1) is 0 Å². The molecule has 0 spiro atoms. The minimum absolute atomic E-state index is 0.0151. The highest BCUT2D eigenvalue weighted by Gasteiger charge is 2.25. The largest absolute Gasteiger partial charge is 0.339 e. The lowest BCUT2D eigenvalue weighted by atomic mass is 9.99. The van der Waals surface area contributed by atoms with E-state index in [1.807, 2.05) is 53.9 Å². The number of thioether (sulfide) groups is 2. The Labute approximate surface area is 126 Å². The molecule has 2 atom stereocenters. The van der Waals surface area contributed by atoms with Crippen LogP contribution < -0.4 is 5.73 Å². The molecule has 0 radical (unpaired) electrons. The van der Waals surface area contributed by atoms with Gasteiger partial charge in [0.2, 0.25) is 5.89 Å². The van der Waals surface area contributed by atoms with E-state index in [1.54, 1.807) is 0 Å².